The van der Waals surface area contributed by atoms with Crippen molar-refractivity contribution in [2.75, 3.05) is 25.5 Å². The molecule has 7 nitrogen and oxygen atoms in total. The van der Waals surface area contributed by atoms with Crippen molar-refractivity contribution in [3.8, 4) is 0 Å². The molecule has 3 rings (SSSR count). The maximum atomic E-state index is 14.1. The molecule has 2 aromatic heterocycles. The molecular weight excluding hydrogens is 379 g/mol. The third-order valence-electron chi connectivity index (χ3n) is 3.64. The largest absolute Gasteiger partial charge is 0.369 e. The number of pyridine rings is 1. The quantitative estimate of drug-likeness (QED) is 0.590. The minimum absolute atomic E-state index is 0.0945. The Morgan fingerprint density at radius 2 is 2.21 bits per heavy atom. The molecule has 9 heteroatoms. The first-order chi connectivity index (χ1) is 11.4. The van der Waals surface area contributed by atoms with Crippen molar-refractivity contribution in [1.82, 2.24) is 19.7 Å². The van der Waals surface area contributed by atoms with E-state index in [1.165, 1.54) is 12.4 Å². The summed E-state index contributed by atoms with van der Waals surface area (Å²) in [5.74, 6) is -0.912. The van der Waals surface area contributed by atoms with Gasteiger partial charge in [-0.25, -0.2) is 14.4 Å². The minimum atomic E-state index is -0.532. The Hall–Kier alpha value is -2.29. The first kappa shape index (κ1) is 16.6. The van der Waals surface area contributed by atoms with Crippen LogP contribution < -0.4 is 4.90 Å². The normalized spacial score (nSPS) is 14.4. The predicted octanol–water partition coefficient (Wildman–Crippen LogP) is 2.14. The number of carbonyl (C=O) groups excluding carboxylic acids is 1. The van der Waals surface area contributed by atoms with Gasteiger partial charge in [0, 0.05) is 27.7 Å². The molecule has 0 spiro atoms. The van der Waals surface area contributed by atoms with E-state index >= 15 is 0 Å². The number of aromatic nitrogens is 3. The number of hydrogen-bond donors (Lipinski definition) is 0. The lowest BCUT2D eigenvalue weighted by molar-refractivity contribution is 0.0975. The summed E-state index contributed by atoms with van der Waals surface area (Å²) in [6.07, 6.45) is 3.58. The lowest BCUT2D eigenvalue weighted by atomic mass is 10.0. The van der Waals surface area contributed by atoms with Crippen molar-refractivity contribution in [2.45, 2.75) is 6.42 Å². The van der Waals surface area contributed by atoms with E-state index in [4.69, 9.17) is 0 Å². The van der Waals surface area contributed by atoms with Crippen LogP contribution in [0.15, 0.2) is 21.9 Å². The minimum Gasteiger partial charge on any atom is -0.369 e. The predicted molar refractivity (Wildman–Crippen MR) is 92.3 cm³/mol. The van der Waals surface area contributed by atoms with Crippen molar-refractivity contribution in [1.29, 1.82) is 0 Å². The summed E-state index contributed by atoms with van der Waals surface area (Å²) in [7, 11) is 5.32. The van der Waals surface area contributed by atoms with Crippen LogP contribution in [-0.4, -0.2) is 52.6 Å². The lowest BCUT2D eigenvalue weighted by Crippen LogP contribution is -2.38. The Kier molecular flexibility index (Phi) is 4.35. The van der Waals surface area contributed by atoms with Crippen LogP contribution in [0.1, 0.15) is 16.1 Å². The van der Waals surface area contributed by atoms with Crippen molar-refractivity contribution < 1.29 is 9.18 Å². The number of carbonyl (C=O) groups is 1. The average molecular weight is 395 g/mol. The van der Waals surface area contributed by atoms with Crippen LogP contribution >= 0.6 is 15.9 Å². The Morgan fingerprint density at radius 1 is 1.46 bits per heavy atom. The number of nitrogens with zero attached hydrogens (tertiary/aromatic N) is 6. The van der Waals surface area contributed by atoms with Crippen molar-refractivity contribution in [2.24, 2.45) is 12.0 Å². The number of aryl methyl sites for hydroxylation is 1. The van der Waals surface area contributed by atoms with Gasteiger partial charge in [0.2, 0.25) is 0 Å². The molecule has 126 valence electrons. The third-order valence-corrected chi connectivity index (χ3v) is 4.56. The Balaban J connectivity index is 2.00. The van der Waals surface area contributed by atoms with Gasteiger partial charge in [0.05, 0.1) is 18.2 Å². The van der Waals surface area contributed by atoms with E-state index in [0.29, 0.717) is 28.8 Å². The fourth-order valence-electron chi connectivity index (χ4n) is 2.44. The van der Waals surface area contributed by atoms with Gasteiger partial charge in [0.15, 0.2) is 11.6 Å². The zero-order valence-electron chi connectivity index (χ0n) is 13.5. The number of aliphatic imine (C=N–C) groups is 1. The molecule has 3 heterocycles. The highest BCUT2D eigenvalue weighted by molar-refractivity contribution is 9.10. The second kappa shape index (κ2) is 6.31. The molecule has 24 heavy (non-hydrogen) atoms. The van der Waals surface area contributed by atoms with Crippen molar-refractivity contribution in [3.63, 3.8) is 0 Å². The first-order valence-corrected chi connectivity index (χ1v) is 8.07. The second-order valence-corrected chi connectivity index (χ2v) is 6.41. The van der Waals surface area contributed by atoms with Gasteiger partial charge < -0.3 is 9.80 Å². The van der Waals surface area contributed by atoms with E-state index in [0.717, 1.165) is 0 Å². The molecule has 0 saturated heterocycles. The van der Waals surface area contributed by atoms with Gasteiger partial charge in [-0.1, -0.05) is 0 Å². The van der Waals surface area contributed by atoms with E-state index < -0.39 is 5.82 Å². The number of fused-ring (bicyclic) bond motifs is 1. The van der Waals surface area contributed by atoms with Crippen LogP contribution in [0.4, 0.5) is 15.9 Å². The van der Waals surface area contributed by atoms with Gasteiger partial charge in [-0.3, -0.25) is 9.48 Å². The van der Waals surface area contributed by atoms with Gasteiger partial charge in [-0.2, -0.15) is 5.10 Å². The average Bonchev–Trinajstić information content (AvgIpc) is 2.86. The van der Waals surface area contributed by atoms with Crippen LogP contribution in [0, 0.1) is 5.82 Å². The van der Waals surface area contributed by atoms with Crippen LogP contribution in [0.25, 0.3) is 0 Å². The van der Waals surface area contributed by atoms with Crippen LogP contribution in [0.5, 0.6) is 0 Å². The molecule has 0 N–H and O–H groups in total. The summed E-state index contributed by atoms with van der Waals surface area (Å²) < 4.78 is 16.4. The highest BCUT2D eigenvalue weighted by Gasteiger charge is 2.30. The van der Waals surface area contributed by atoms with Crippen LogP contribution in [0.3, 0.4) is 0 Å². The summed E-state index contributed by atoms with van der Waals surface area (Å²) in [6, 6.07) is 1.35. The van der Waals surface area contributed by atoms with Crippen molar-refractivity contribution in [3.05, 3.63) is 33.9 Å². The maximum Gasteiger partial charge on any atom is 0.277 e. The fraction of sp³-hybridized carbons (Fsp3) is 0.333. The molecule has 1 amide bonds. The van der Waals surface area contributed by atoms with Gasteiger partial charge in [0.25, 0.3) is 5.91 Å². The zero-order valence-corrected chi connectivity index (χ0v) is 15.1. The molecule has 0 saturated carbocycles. The van der Waals surface area contributed by atoms with E-state index in [1.54, 1.807) is 41.8 Å². The van der Waals surface area contributed by atoms with E-state index in [1.807, 2.05) is 0 Å². The Morgan fingerprint density at radius 3 is 2.83 bits per heavy atom. The monoisotopic (exact) mass is 394 g/mol. The lowest BCUT2D eigenvalue weighted by Gasteiger charge is -2.27. The van der Waals surface area contributed by atoms with Crippen molar-refractivity contribution >= 4 is 39.7 Å². The van der Waals surface area contributed by atoms with Gasteiger partial charge in [-0.05, 0) is 34.0 Å². The topological polar surface area (TPSA) is 66.6 Å². The summed E-state index contributed by atoms with van der Waals surface area (Å²) in [4.78, 5) is 24.2. The molecular formula is C15H16BrFN6O. The molecule has 2 aromatic rings. The molecule has 0 unspecified atom stereocenters. The molecule has 0 fully saturated rings. The summed E-state index contributed by atoms with van der Waals surface area (Å²) in [6.45, 7) is 0.442. The fourth-order valence-corrected chi connectivity index (χ4v) is 2.84. The number of rotatable bonds is 3. The maximum absolute atomic E-state index is 14.1. The van der Waals surface area contributed by atoms with Crippen LogP contribution in [0.2, 0.25) is 0 Å². The summed E-state index contributed by atoms with van der Waals surface area (Å²) >= 11 is 3.42. The molecule has 0 radical (unpaired) electrons. The highest BCUT2D eigenvalue weighted by atomic mass is 79.9. The Labute approximate surface area is 146 Å². The Bertz CT molecular complexity index is 832. The highest BCUT2D eigenvalue weighted by Crippen LogP contribution is 2.31. The van der Waals surface area contributed by atoms with Gasteiger partial charge in [-0.15, -0.1) is 0 Å². The second-order valence-electron chi connectivity index (χ2n) is 5.66. The number of hydrogen-bond acceptors (Lipinski definition) is 4. The molecule has 1 aliphatic rings. The zero-order chi connectivity index (χ0) is 17.4. The number of amides is 1. The SMILES string of the molecule is CN(C)/C=N\c1nc2c(cc1F)CCN(c1cnn(C)c1Br)C2=O. The molecule has 1 aliphatic heterocycles. The molecule has 0 atom stereocenters. The molecule has 0 bridgehead atoms. The van der Waals surface area contributed by atoms with Gasteiger partial charge >= 0.3 is 0 Å². The van der Waals surface area contributed by atoms with E-state index in [2.05, 4.69) is 31.0 Å². The summed E-state index contributed by atoms with van der Waals surface area (Å²) in [5, 5.41) is 4.13. The number of anilines is 1. The molecule has 0 aromatic carbocycles. The number of halogens is 2. The smallest absolute Gasteiger partial charge is 0.277 e. The standard InChI is InChI=1S/C15H16BrFN6O/c1-21(2)8-18-14-10(17)6-9-4-5-23(15(24)12(9)20-14)11-7-19-22(3)13(11)16/h6-8H,4-5H2,1-3H3/b18-8-. The summed E-state index contributed by atoms with van der Waals surface area (Å²) in [5.41, 5.74) is 1.49. The van der Waals surface area contributed by atoms with E-state index in [9.17, 15) is 9.18 Å². The van der Waals surface area contributed by atoms with Crippen LogP contribution in [-0.2, 0) is 13.5 Å². The third kappa shape index (κ3) is 2.91. The van der Waals surface area contributed by atoms with Gasteiger partial charge in [0.1, 0.15) is 10.3 Å². The molecule has 0 aliphatic carbocycles. The van der Waals surface area contributed by atoms with E-state index in [-0.39, 0.29) is 17.4 Å². The first-order valence-electron chi connectivity index (χ1n) is 7.28.